The summed E-state index contributed by atoms with van der Waals surface area (Å²) in [5, 5.41) is 0.834. The van der Waals surface area contributed by atoms with E-state index < -0.39 is 24.1 Å². The molecule has 1 aromatic heterocycles. The molecule has 34 heavy (non-hydrogen) atoms. The number of nitrogens with zero attached hydrogens (tertiary/aromatic N) is 2. The largest absolute Gasteiger partial charge is 0.469 e. The zero-order chi connectivity index (χ0) is 24.2. The maximum Gasteiger partial charge on any atom is 0.418 e. The topological polar surface area (TPSA) is 87.1 Å². The Hall–Kier alpha value is -3.81. The first-order valence-electron chi connectivity index (χ1n) is 11.4. The SMILES string of the molecule is CCOC(=O)N(c1ccccc1)C1CC(C(=O)OC)Cc2c1n(C(=O)OCC)c1ccccc21. The molecule has 1 aliphatic carbocycles. The third kappa shape index (κ3) is 4.11. The lowest BCUT2D eigenvalue weighted by Crippen LogP contribution is -2.42. The van der Waals surface area contributed by atoms with Crippen molar-refractivity contribution >= 4 is 34.7 Å². The lowest BCUT2D eigenvalue weighted by Gasteiger charge is -2.37. The summed E-state index contributed by atoms with van der Waals surface area (Å²) in [5.74, 6) is -0.856. The van der Waals surface area contributed by atoms with E-state index in [0.717, 1.165) is 10.9 Å². The van der Waals surface area contributed by atoms with E-state index in [1.165, 1.54) is 16.6 Å². The van der Waals surface area contributed by atoms with Gasteiger partial charge in [-0.1, -0.05) is 36.4 Å². The Bertz CT molecular complexity index is 1200. The van der Waals surface area contributed by atoms with Gasteiger partial charge in [-0.2, -0.15) is 0 Å². The van der Waals surface area contributed by atoms with Crippen LogP contribution in [-0.4, -0.2) is 43.0 Å². The van der Waals surface area contributed by atoms with Gasteiger partial charge >= 0.3 is 18.2 Å². The number of ether oxygens (including phenoxy) is 3. The number of benzene rings is 2. The highest BCUT2D eigenvalue weighted by atomic mass is 16.6. The van der Waals surface area contributed by atoms with E-state index in [-0.39, 0.29) is 25.6 Å². The van der Waals surface area contributed by atoms with Crippen LogP contribution in [0.4, 0.5) is 15.3 Å². The van der Waals surface area contributed by atoms with Crippen LogP contribution in [0, 0.1) is 5.92 Å². The van der Waals surface area contributed by atoms with Crippen molar-refractivity contribution < 1.29 is 28.6 Å². The van der Waals surface area contributed by atoms with Crippen molar-refractivity contribution in [2.24, 2.45) is 5.92 Å². The molecule has 0 N–H and O–H groups in total. The van der Waals surface area contributed by atoms with Gasteiger partial charge in [0.1, 0.15) is 0 Å². The fourth-order valence-corrected chi connectivity index (χ4v) is 4.75. The molecule has 1 amide bonds. The highest BCUT2D eigenvalue weighted by Gasteiger charge is 2.42. The van der Waals surface area contributed by atoms with Crippen molar-refractivity contribution in [3.05, 3.63) is 65.9 Å². The molecule has 0 fully saturated rings. The summed E-state index contributed by atoms with van der Waals surface area (Å²) in [5.41, 5.74) is 2.71. The number of amides is 1. The van der Waals surface area contributed by atoms with E-state index in [0.29, 0.717) is 23.3 Å². The minimum atomic E-state index is -0.661. The standard InChI is InChI=1S/C26H28N2O6/c1-4-33-25(30)27(18-11-7-6-8-12-18)22-16-17(24(29)32-3)15-20-19-13-9-10-14-21(19)28(23(20)22)26(31)34-5-2/h6-14,17,22H,4-5,15-16H2,1-3H3. The van der Waals surface area contributed by atoms with Gasteiger partial charge in [0, 0.05) is 11.1 Å². The number of aromatic nitrogens is 1. The molecule has 4 rings (SSSR count). The fraction of sp³-hybridized carbons (Fsp3) is 0.346. The number of hydrogen-bond donors (Lipinski definition) is 0. The van der Waals surface area contributed by atoms with Crippen molar-refractivity contribution in [1.29, 1.82) is 0 Å². The van der Waals surface area contributed by atoms with Gasteiger partial charge in [0.25, 0.3) is 0 Å². The molecule has 8 heteroatoms. The Morgan fingerprint density at radius 3 is 2.32 bits per heavy atom. The molecule has 0 spiro atoms. The van der Waals surface area contributed by atoms with Gasteiger partial charge in [-0.3, -0.25) is 9.69 Å². The van der Waals surface area contributed by atoms with Gasteiger partial charge in [-0.15, -0.1) is 0 Å². The van der Waals surface area contributed by atoms with Crippen LogP contribution in [0.5, 0.6) is 0 Å². The van der Waals surface area contributed by atoms with Crippen LogP contribution in [0.15, 0.2) is 54.6 Å². The lowest BCUT2D eigenvalue weighted by molar-refractivity contribution is -0.146. The van der Waals surface area contributed by atoms with Crippen LogP contribution in [0.25, 0.3) is 10.9 Å². The number of hydrogen-bond acceptors (Lipinski definition) is 6. The van der Waals surface area contributed by atoms with E-state index in [1.807, 2.05) is 42.5 Å². The molecule has 1 aliphatic rings. The third-order valence-corrected chi connectivity index (χ3v) is 6.09. The summed E-state index contributed by atoms with van der Waals surface area (Å²) in [6.07, 6.45) is -0.436. The van der Waals surface area contributed by atoms with E-state index >= 15 is 0 Å². The van der Waals surface area contributed by atoms with E-state index in [1.54, 1.807) is 26.0 Å². The second-order valence-electron chi connectivity index (χ2n) is 8.00. The number of para-hydroxylation sites is 2. The summed E-state index contributed by atoms with van der Waals surface area (Å²) < 4.78 is 17.4. The van der Waals surface area contributed by atoms with Crippen LogP contribution in [0.2, 0.25) is 0 Å². The minimum Gasteiger partial charge on any atom is -0.469 e. The van der Waals surface area contributed by atoms with E-state index in [2.05, 4.69) is 0 Å². The molecule has 2 aromatic carbocycles. The first-order chi connectivity index (χ1) is 16.5. The molecule has 178 valence electrons. The second-order valence-corrected chi connectivity index (χ2v) is 8.00. The molecule has 8 nitrogen and oxygen atoms in total. The highest BCUT2D eigenvalue weighted by molar-refractivity contribution is 5.96. The molecule has 2 unspecified atom stereocenters. The van der Waals surface area contributed by atoms with Crippen molar-refractivity contribution in [3.63, 3.8) is 0 Å². The fourth-order valence-electron chi connectivity index (χ4n) is 4.75. The van der Waals surface area contributed by atoms with Gasteiger partial charge in [-0.05, 0) is 50.5 Å². The Labute approximate surface area is 198 Å². The summed E-state index contributed by atoms with van der Waals surface area (Å²) in [7, 11) is 1.36. The van der Waals surface area contributed by atoms with Crippen LogP contribution >= 0.6 is 0 Å². The maximum atomic E-state index is 13.3. The Kier molecular flexibility index (Phi) is 6.86. The lowest BCUT2D eigenvalue weighted by atomic mass is 9.82. The Balaban J connectivity index is 2.00. The van der Waals surface area contributed by atoms with Gasteiger partial charge in [0.2, 0.25) is 0 Å². The average molecular weight is 465 g/mol. The van der Waals surface area contributed by atoms with Gasteiger partial charge < -0.3 is 14.2 Å². The molecule has 0 saturated heterocycles. The van der Waals surface area contributed by atoms with Crippen LogP contribution < -0.4 is 4.90 Å². The maximum absolute atomic E-state index is 13.3. The number of methoxy groups -OCH3 is 1. The van der Waals surface area contributed by atoms with E-state index in [4.69, 9.17) is 14.2 Å². The molecular weight excluding hydrogens is 436 g/mol. The molecule has 1 heterocycles. The first-order valence-corrected chi connectivity index (χ1v) is 11.4. The molecule has 2 atom stereocenters. The third-order valence-electron chi connectivity index (χ3n) is 6.09. The summed E-state index contributed by atoms with van der Waals surface area (Å²) >= 11 is 0. The number of carbonyl (C=O) groups excluding carboxylic acids is 3. The normalized spacial score (nSPS) is 17.0. The molecule has 0 bridgehead atoms. The van der Waals surface area contributed by atoms with Gasteiger partial charge in [0.05, 0.1) is 43.5 Å². The summed E-state index contributed by atoms with van der Waals surface area (Å²) in [6.45, 7) is 3.87. The molecule has 0 saturated carbocycles. The summed E-state index contributed by atoms with van der Waals surface area (Å²) in [6, 6.07) is 15.9. The summed E-state index contributed by atoms with van der Waals surface area (Å²) in [4.78, 5) is 40.7. The number of esters is 1. The van der Waals surface area contributed by atoms with E-state index in [9.17, 15) is 14.4 Å². The molecule has 3 aromatic rings. The van der Waals surface area contributed by atoms with Crippen LogP contribution in [-0.2, 0) is 25.4 Å². The predicted molar refractivity (Wildman–Crippen MR) is 127 cm³/mol. The zero-order valence-electron chi connectivity index (χ0n) is 19.5. The molecular formula is C26H28N2O6. The molecule has 0 radical (unpaired) electrons. The van der Waals surface area contributed by atoms with Crippen LogP contribution in [0.3, 0.4) is 0 Å². The minimum absolute atomic E-state index is 0.184. The number of anilines is 1. The smallest absolute Gasteiger partial charge is 0.418 e. The van der Waals surface area contributed by atoms with Crippen molar-refractivity contribution in [3.8, 4) is 0 Å². The molecule has 0 aliphatic heterocycles. The Morgan fingerprint density at radius 1 is 0.971 bits per heavy atom. The predicted octanol–water partition coefficient (Wildman–Crippen LogP) is 5.09. The Morgan fingerprint density at radius 2 is 1.65 bits per heavy atom. The number of rotatable bonds is 5. The first kappa shape index (κ1) is 23.4. The quantitative estimate of drug-likeness (QED) is 0.386. The van der Waals surface area contributed by atoms with Crippen molar-refractivity contribution in [2.45, 2.75) is 32.7 Å². The van der Waals surface area contributed by atoms with Crippen LogP contribution in [0.1, 0.15) is 37.6 Å². The van der Waals surface area contributed by atoms with Crippen molar-refractivity contribution in [1.82, 2.24) is 4.57 Å². The number of carbonyl (C=O) groups is 3. The van der Waals surface area contributed by atoms with Gasteiger partial charge in [-0.25, -0.2) is 14.2 Å². The van der Waals surface area contributed by atoms with Crippen molar-refractivity contribution in [2.75, 3.05) is 25.2 Å². The van der Waals surface area contributed by atoms with Gasteiger partial charge in [0.15, 0.2) is 0 Å². The number of fused-ring (bicyclic) bond motifs is 3. The zero-order valence-corrected chi connectivity index (χ0v) is 19.5. The second kappa shape index (κ2) is 9.99. The highest BCUT2D eigenvalue weighted by Crippen LogP contribution is 2.44. The monoisotopic (exact) mass is 464 g/mol. The average Bonchev–Trinajstić information content (AvgIpc) is 3.19.